The van der Waals surface area contributed by atoms with Gasteiger partial charge in [-0.3, -0.25) is 0 Å². The fourth-order valence-corrected chi connectivity index (χ4v) is 2.11. The van der Waals surface area contributed by atoms with E-state index in [0.717, 1.165) is 0 Å². The van der Waals surface area contributed by atoms with Crippen LogP contribution in [-0.4, -0.2) is 28.2 Å². The highest BCUT2D eigenvalue weighted by Gasteiger charge is 2.28. The molecule has 1 heterocycles. The third-order valence-corrected chi connectivity index (χ3v) is 3.08. The minimum atomic E-state index is -4.34. The van der Waals surface area contributed by atoms with Gasteiger partial charge in [-0.05, 0) is 6.07 Å². The predicted octanol–water partition coefficient (Wildman–Crippen LogP) is 3.04. The normalized spacial score (nSPS) is 11.5. The monoisotopic (exact) mass is 289 g/mol. The lowest BCUT2D eigenvalue weighted by Gasteiger charge is -2.12. The van der Waals surface area contributed by atoms with Crippen molar-refractivity contribution in [3.05, 3.63) is 36.0 Å². The maximum Gasteiger partial charge on any atom is 0.422 e. The van der Waals surface area contributed by atoms with Gasteiger partial charge in [-0.1, -0.05) is 30.0 Å². The highest BCUT2D eigenvalue weighted by atomic mass is 32.2. The molecule has 0 atom stereocenters. The zero-order chi connectivity index (χ0) is 13.7. The second-order valence-electron chi connectivity index (χ2n) is 3.61. The van der Waals surface area contributed by atoms with Crippen LogP contribution in [-0.2, 0) is 5.75 Å². The summed E-state index contributed by atoms with van der Waals surface area (Å²) in [5.41, 5.74) is 0.680. The van der Waals surface area contributed by atoms with E-state index in [1.807, 2.05) is 0 Å². The van der Waals surface area contributed by atoms with Crippen molar-refractivity contribution in [3.63, 3.8) is 0 Å². The third-order valence-electron chi connectivity index (χ3n) is 2.13. The fraction of sp³-hybridized carbons (Fsp3) is 0.273. The molecule has 1 aromatic heterocycles. The van der Waals surface area contributed by atoms with Crippen molar-refractivity contribution in [2.75, 3.05) is 6.61 Å². The van der Waals surface area contributed by atoms with Gasteiger partial charge in [0.15, 0.2) is 6.61 Å². The molecule has 0 bridgehead atoms. The molecule has 0 spiro atoms. The number of hydrogen-bond donors (Lipinski definition) is 1. The van der Waals surface area contributed by atoms with Crippen LogP contribution in [0.2, 0.25) is 0 Å². The standard InChI is InChI=1S/C11H10F3N3OS/c12-11(13,14)7-18-9-4-2-1-3-8(9)6-19-10-5-15-17-16-10/h1-5H,6-7H2,(H,15,16,17). The van der Waals surface area contributed by atoms with E-state index in [0.29, 0.717) is 16.3 Å². The second kappa shape index (κ2) is 5.96. The van der Waals surface area contributed by atoms with E-state index in [1.165, 1.54) is 17.8 Å². The summed E-state index contributed by atoms with van der Waals surface area (Å²) < 4.78 is 41.2. The number of thioether (sulfide) groups is 1. The fourth-order valence-electron chi connectivity index (χ4n) is 1.34. The molecular weight excluding hydrogens is 279 g/mol. The largest absolute Gasteiger partial charge is 0.484 e. The Kier molecular flexibility index (Phi) is 4.31. The summed E-state index contributed by atoms with van der Waals surface area (Å²) >= 11 is 1.36. The molecule has 0 saturated carbocycles. The number of aromatic amines is 1. The first-order chi connectivity index (χ1) is 9.04. The Morgan fingerprint density at radius 1 is 1.26 bits per heavy atom. The van der Waals surface area contributed by atoms with Crippen molar-refractivity contribution >= 4 is 11.8 Å². The first-order valence-electron chi connectivity index (χ1n) is 5.30. The van der Waals surface area contributed by atoms with E-state index < -0.39 is 12.8 Å². The molecule has 8 heteroatoms. The molecule has 1 aromatic carbocycles. The van der Waals surface area contributed by atoms with Crippen LogP contribution >= 0.6 is 11.8 Å². The lowest BCUT2D eigenvalue weighted by Crippen LogP contribution is -2.19. The van der Waals surface area contributed by atoms with Gasteiger partial charge < -0.3 is 4.74 Å². The Hall–Kier alpha value is -1.70. The van der Waals surface area contributed by atoms with Crippen LogP contribution in [0.1, 0.15) is 5.56 Å². The number of rotatable bonds is 5. The van der Waals surface area contributed by atoms with Crippen molar-refractivity contribution in [2.24, 2.45) is 0 Å². The van der Waals surface area contributed by atoms with Gasteiger partial charge in [0.1, 0.15) is 10.8 Å². The van der Waals surface area contributed by atoms with Crippen LogP contribution < -0.4 is 4.74 Å². The lowest BCUT2D eigenvalue weighted by molar-refractivity contribution is -0.153. The summed E-state index contributed by atoms with van der Waals surface area (Å²) in [7, 11) is 0. The van der Waals surface area contributed by atoms with Gasteiger partial charge in [0.05, 0.1) is 6.20 Å². The Labute approximate surface area is 111 Å². The van der Waals surface area contributed by atoms with Crippen molar-refractivity contribution in [2.45, 2.75) is 17.0 Å². The highest BCUT2D eigenvalue weighted by Crippen LogP contribution is 2.27. The zero-order valence-electron chi connectivity index (χ0n) is 9.65. The van der Waals surface area contributed by atoms with E-state index in [4.69, 9.17) is 4.74 Å². The molecule has 0 unspecified atom stereocenters. The van der Waals surface area contributed by atoms with Crippen LogP contribution in [0.3, 0.4) is 0 Å². The zero-order valence-corrected chi connectivity index (χ0v) is 10.5. The van der Waals surface area contributed by atoms with E-state index in [2.05, 4.69) is 15.4 Å². The number of nitrogens with zero attached hydrogens (tertiary/aromatic N) is 2. The second-order valence-corrected chi connectivity index (χ2v) is 4.60. The van der Waals surface area contributed by atoms with Gasteiger partial charge in [-0.15, -0.1) is 5.10 Å². The van der Waals surface area contributed by atoms with Crippen LogP contribution in [0.25, 0.3) is 0 Å². The highest BCUT2D eigenvalue weighted by molar-refractivity contribution is 7.98. The smallest absolute Gasteiger partial charge is 0.422 e. The maximum absolute atomic E-state index is 12.1. The number of hydrogen-bond acceptors (Lipinski definition) is 4. The Balaban J connectivity index is 1.99. The molecule has 1 N–H and O–H groups in total. The number of para-hydroxylation sites is 1. The van der Waals surface area contributed by atoms with E-state index in [9.17, 15) is 13.2 Å². The first-order valence-corrected chi connectivity index (χ1v) is 6.29. The van der Waals surface area contributed by atoms with Gasteiger partial charge in [0.25, 0.3) is 0 Å². The van der Waals surface area contributed by atoms with E-state index in [-0.39, 0.29) is 5.75 Å². The molecule has 0 radical (unpaired) electrons. The summed E-state index contributed by atoms with van der Waals surface area (Å²) in [4.78, 5) is 0. The van der Waals surface area contributed by atoms with Gasteiger partial charge in [-0.25, -0.2) is 0 Å². The average molecular weight is 289 g/mol. The number of aromatic nitrogens is 3. The third kappa shape index (κ3) is 4.47. The minimum Gasteiger partial charge on any atom is -0.484 e. The Morgan fingerprint density at radius 2 is 2.05 bits per heavy atom. The number of ether oxygens (including phenoxy) is 1. The Morgan fingerprint density at radius 3 is 2.74 bits per heavy atom. The predicted molar refractivity (Wildman–Crippen MR) is 63.9 cm³/mol. The molecule has 0 saturated heterocycles. The SMILES string of the molecule is FC(F)(F)COc1ccccc1CSc1cn[nH]n1. The van der Waals surface area contributed by atoms with Crippen molar-refractivity contribution in [1.82, 2.24) is 15.4 Å². The molecule has 2 rings (SSSR count). The van der Waals surface area contributed by atoms with E-state index in [1.54, 1.807) is 24.4 Å². The Bertz CT molecular complexity index is 516. The molecule has 0 aliphatic heterocycles. The number of alkyl halides is 3. The maximum atomic E-state index is 12.1. The quantitative estimate of drug-likeness (QED) is 0.860. The number of nitrogens with one attached hydrogen (secondary N) is 1. The molecule has 19 heavy (non-hydrogen) atoms. The van der Waals surface area contributed by atoms with Crippen LogP contribution in [0.4, 0.5) is 13.2 Å². The topological polar surface area (TPSA) is 50.8 Å². The van der Waals surface area contributed by atoms with Crippen LogP contribution in [0.15, 0.2) is 35.5 Å². The molecule has 2 aromatic rings. The number of benzene rings is 1. The van der Waals surface area contributed by atoms with Gasteiger partial charge in [0.2, 0.25) is 0 Å². The van der Waals surface area contributed by atoms with Crippen LogP contribution in [0.5, 0.6) is 5.75 Å². The molecule has 0 aliphatic carbocycles. The molecule has 4 nitrogen and oxygen atoms in total. The molecule has 0 amide bonds. The van der Waals surface area contributed by atoms with Gasteiger partial charge >= 0.3 is 6.18 Å². The summed E-state index contributed by atoms with van der Waals surface area (Å²) in [5, 5.41) is 10.6. The molecular formula is C11H10F3N3OS. The molecule has 0 fully saturated rings. The van der Waals surface area contributed by atoms with Crippen molar-refractivity contribution in [1.29, 1.82) is 0 Å². The molecule has 0 aliphatic rings. The average Bonchev–Trinajstić information content (AvgIpc) is 2.87. The summed E-state index contributed by atoms with van der Waals surface area (Å²) in [5.74, 6) is 0.691. The van der Waals surface area contributed by atoms with E-state index >= 15 is 0 Å². The van der Waals surface area contributed by atoms with Crippen molar-refractivity contribution < 1.29 is 17.9 Å². The van der Waals surface area contributed by atoms with Gasteiger partial charge in [0, 0.05) is 11.3 Å². The summed E-state index contributed by atoms with van der Waals surface area (Å²) in [6, 6.07) is 6.62. The van der Waals surface area contributed by atoms with Gasteiger partial charge in [-0.2, -0.15) is 23.5 Å². The first kappa shape index (κ1) is 13.7. The minimum absolute atomic E-state index is 0.232. The lowest BCUT2D eigenvalue weighted by atomic mass is 10.2. The van der Waals surface area contributed by atoms with Crippen molar-refractivity contribution in [3.8, 4) is 5.75 Å². The molecule has 102 valence electrons. The summed E-state index contributed by atoms with van der Waals surface area (Å²) in [6.07, 6.45) is -2.80. The number of H-pyrrole nitrogens is 1. The van der Waals surface area contributed by atoms with Crippen LogP contribution in [0, 0.1) is 0 Å². The number of halogens is 3. The summed E-state index contributed by atoms with van der Waals surface area (Å²) in [6.45, 7) is -1.29.